The minimum absolute atomic E-state index is 0.00934. The molecule has 4 aromatic carbocycles. The number of fused-ring (bicyclic) bond motifs is 2. The molecule has 68 heavy (non-hydrogen) atoms. The fourth-order valence-corrected chi connectivity index (χ4v) is 10.1. The van der Waals surface area contributed by atoms with E-state index in [1.165, 1.54) is 19.2 Å². The lowest BCUT2D eigenvalue weighted by Gasteiger charge is -2.60. The minimum atomic E-state index is -1.52. The zero-order valence-electron chi connectivity index (χ0n) is 38.5. The average molecular weight is 927 g/mol. The molecular formula is C53H58N4O11. The van der Waals surface area contributed by atoms with E-state index in [2.05, 4.69) is 18.7 Å². The molecule has 2 aliphatic carbocycles. The summed E-state index contributed by atoms with van der Waals surface area (Å²) in [5.74, 6) is -0.984. The van der Waals surface area contributed by atoms with Gasteiger partial charge in [-0.3, -0.25) is 19.7 Å². The highest BCUT2D eigenvalue weighted by molar-refractivity contribution is 6.03. The normalized spacial score (nSPS) is 21.8. The van der Waals surface area contributed by atoms with Crippen LogP contribution in [-0.2, 0) is 16.2 Å². The standard InChI is InChI=1S/C53H58N4O11/c1-4-24-56(52(61)37-16-12-35(32-54)13-17-37)49-31-46(55-66-34-36-14-18-40(19-15-36)57(62)63)44-29-38(10-6-8-25-58)43(11-7-9-26-59)50-45-30-42(67-41-20-22-47(64-3)39(28-41)33-60)21-23-48(45)68-53(49,51(44)50)65-27-5-2/h5,12-23,28-30,33,38,43,49-51,58-59H,2,4,6-11,24-27,31,34H2,1,3H3/t38-,43+,49-,50+,51+,53+/m0/s1. The number of aliphatic hydroxyl groups is 2. The molecule has 0 saturated heterocycles. The fourth-order valence-electron chi connectivity index (χ4n) is 10.1. The molecule has 7 rings (SSSR count). The minimum Gasteiger partial charge on any atom is -0.496 e. The van der Waals surface area contributed by atoms with Crippen LogP contribution in [0.25, 0.3) is 0 Å². The van der Waals surface area contributed by atoms with Gasteiger partial charge in [0.2, 0.25) is 5.79 Å². The zero-order chi connectivity index (χ0) is 48.2. The van der Waals surface area contributed by atoms with E-state index in [0.717, 1.165) is 36.8 Å². The van der Waals surface area contributed by atoms with E-state index in [0.29, 0.717) is 83.1 Å². The van der Waals surface area contributed by atoms with Crippen LogP contribution in [0, 0.1) is 39.2 Å². The molecule has 4 aromatic rings. The second-order valence-corrected chi connectivity index (χ2v) is 17.3. The monoisotopic (exact) mass is 926 g/mol. The molecule has 0 spiro atoms. The van der Waals surface area contributed by atoms with Crippen molar-refractivity contribution in [3.05, 3.63) is 147 Å². The number of nitrogens with zero attached hydrogens (tertiary/aromatic N) is 4. The number of oxime groups is 1. The molecule has 15 heteroatoms. The molecule has 1 saturated carbocycles. The number of carbonyl (C=O) groups is 2. The summed E-state index contributed by atoms with van der Waals surface area (Å²) >= 11 is 0. The van der Waals surface area contributed by atoms with Crippen LogP contribution < -0.4 is 14.2 Å². The Morgan fingerprint density at radius 2 is 1.74 bits per heavy atom. The lowest BCUT2D eigenvalue weighted by Crippen LogP contribution is -2.70. The van der Waals surface area contributed by atoms with Crippen LogP contribution in [0.4, 0.5) is 5.69 Å². The second-order valence-electron chi connectivity index (χ2n) is 17.3. The number of ether oxygens (including phenoxy) is 4. The molecule has 6 atom stereocenters. The molecule has 3 aliphatic rings. The first-order valence-electron chi connectivity index (χ1n) is 23.2. The number of aliphatic hydroxyl groups excluding tert-OH is 2. The van der Waals surface area contributed by atoms with Gasteiger partial charge in [0.15, 0.2) is 6.29 Å². The summed E-state index contributed by atoms with van der Waals surface area (Å²) < 4.78 is 26.3. The van der Waals surface area contributed by atoms with Gasteiger partial charge < -0.3 is 38.9 Å². The van der Waals surface area contributed by atoms with E-state index in [-0.39, 0.29) is 62.2 Å². The number of amides is 1. The smallest absolute Gasteiger partial charge is 0.269 e. The van der Waals surface area contributed by atoms with Crippen molar-refractivity contribution >= 4 is 23.6 Å². The molecule has 1 fully saturated rings. The van der Waals surface area contributed by atoms with Gasteiger partial charge in [0.05, 0.1) is 47.5 Å². The topological polar surface area (TPSA) is 203 Å². The van der Waals surface area contributed by atoms with Crippen LogP contribution in [0.2, 0.25) is 0 Å². The van der Waals surface area contributed by atoms with E-state index in [1.807, 2.05) is 19.1 Å². The first-order chi connectivity index (χ1) is 33.1. The summed E-state index contributed by atoms with van der Waals surface area (Å²) in [4.78, 5) is 45.9. The van der Waals surface area contributed by atoms with Gasteiger partial charge in [0.1, 0.15) is 35.6 Å². The summed E-state index contributed by atoms with van der Waals surface area (Å²) in [6.07, 6.45) is 9.47. The molecule has 1 heterocycles. The highest BCUT2D eigenvalue weighted by atomic mass is 16.7. The molecule has 0 bridgehead atoms. The lowest BCUT2D eigenvalue weighted by molar-refractivity contribution is -0.384. The number of nitro groups is 1. The number of non-ortho nitro benzene ring substituents is 1. The number of methoxy groups -OCH3 is 1. The molecule has 15 nitrogen and oxygen atoms in total. The van der Waals surface area contributed by atoms with Crippen LogP contribution in [-0.4, -0.2) is 83.2 Å². The number of benzene rings is 4. The maximum atomic E-state index is 15.0. The molecule has 0 radical (unpaired) electrons. The van der Waals surface area contributed by atoms with Gasteiger partial charge in [-0.05, 0) is 128 Å². The Hall–Kier alpha value is -6.86. The van der Waals surface area contributed by atoms with Gasteiger partial charge in [0.25, 0.3) is 11.6 Å². The molecule has 2 N–H and O–H groups in total. The van der Waals surface area contributed by atoms with Crippen LogP contribution in [0.3, 0.4) is 0 Å². The summed E-state index contributed by atoms with van der Waals surface area (Å²) in [5.41, 5.74) is 4.00. The highest BCUT2D eigenvalue weighted by Crippen LogP contribution is 2.62. The summed E-state index contributed by atoms with van der Waals surface area (Å²) in [6, 6.07) is 24.6. The summed E-state index contributed by atoms with van der Waals surface area (Å²) in [7, 11) is 1.49. The SMILES string of the molecule is C=CCO[C@@]12Oc3ccc(Oc4ccc(OC)c(C=O)c4)cc3[C@H]3[C@H](CCCCO)[C@@H](CCCCO)C=C(C(=NOCc4ccc([N+](=O)[O-])cc4)C[C@@H]1N(CCC)C(=O)c1ccc(C#N)cc1)[C@H]32. The number of allylic oxidation sites excluding steroid dienone is 1. The van der Waals surface area contributed by atoms with Crippen molar-refractivity contribution in [1.29, 1.82) is 5.26 Å². The summed E-state index contributed by atoms with van der Waals surface area (Å²) in [6.45, 7) is 6.48. The number of hydrogen-bond donors (Lipinski definition) is 2. The Bertz CT molecular complexity index is 2540. The van der Waals surface area contributed by atoms with Crippen LogP contribution in [0.1, 0.15) is 102 Å². The van der Waals surface area contributed by atoms with Crippen molar-refractivity contribution in [1.82, 2.24) is 4.90 Å². The van der Waals surface area contributed by atoms with Gasteiger partial charge in [-0.15, -0.1) is 6.58 Å². The Morgan fingerprint density at radius 3 is 2.40 bits per heavy atom. The van der Waals surface area contributed by atoms with Crippen LogP contribution >= 0.6 is 0 Å². The van der Waals surface area contributed by atoms with Gasteiger partial charge in [-0.1, -0.05) is 37.1 Å². The third-order valence-electron chi connectivity index (χ3n) is 13.1. The predicted octanol–water partition coefficient (Wildman–Crippen LogP) is 9.47. The second kappa shape index (κ2) is 22.8. The molecule has 356 valence electrons. The van der Waals surface area contributed by atoms with E-state index >= 15 is 4.79 Å². The van der Waals surface area contributed by atoms with Crippen molar-refractivity contribution in [2.75, 3.05) is 33.5 Å². The van der Waals surface area contributed by atoms with Crippen LogP contribution in [0.15, 0.2) is 114 Å². The lowest BCUT2D eigenvalue weighted by atomic mass is 9.55. The van der Waals surface area contributed by atoms with E-state index in [9.17, 15) is 30.4 Å². The van der Waals surface area contributed by atoms with Crippen molar-refractivity contribution < 1.29 is 48.5 Å². The number of rotatable bonds is 23. The third kappa shape index (κ3) is 10.5. The molecule has 1 amide bonds. The average Bonchev–Trinajstić information content (AvgIpc) is 3.36. The third-order valence-corrected chi connectivity index (χ3v) is 13.1. The number of hydrogen-bond acceptors (Lipinski definition) is 13. The quantitative estimate of drug-likeness (QED) is 0.0235. The number of unbranched alkanes of at least 4 members (excludes halogenated alkanes) is 2. The molecular weight excluding hydrogens is 869 g/mol. The van der Waals surface area contributed by atoms with Gasteiger partial charge in [0, 0.05) is 55.4 Å². The zero-order valence-corrected chi connectivity index (χ0v) is 38.5. The number of aldehydes is 1. The van der Waals surface area contributed by atoms with Crippen molar-refractivity contribution in [2.45, 2.75) is 82.6 Å². The molecule has 0 aromatic heterocycles. The number of nitriles is 1. The fraction of sp³-hybridized carbons (Fsp3) is 0.396. The van der Waals surface area contributed by atoms with E-state index in [1.54, 1.807) is 71.6 Å². The maximum Gasteiger partial charge on any atom is 0.269 e. The Morgan fingerprint density at radius 1 is 1.01 bits per heavy atom. The van der Waals surface area contributed by atoms with Gasteiger partial charge in [-0.25, -0.2) is 0 Å². The number of carbonyl (C=O) groups excluding carboxylic acids is 2. The molecule has 0 unspecified atom stereocenters. The number of nitro benzene ring substituents is 1. The largest absolute Gasteiger partial charge is 0.496 e. The highest BCUT2D eigenvalue weighted by Gasteiger charge is 2.65. The van der Waals surface area contributed by atoms with E-state index in [4.69, 9.17) is 28.9 Å². The maximum absolute atomic E-state index is 15.0. The Labute approximate surface area is 396 Å². The van der Waals surface area contributed by atoms with Crippen LogP contribution in [0.5, 0.6) is 23.0 Å². The van der Waals surface area contributed by atoms with Gasteiger partial charge >= 0.3 is 0 Å². The predicted molar refractivity (Wildman–Crippen MR) is 254 cm³/mol. The Balaban J connectivity index is 1.44. The first kappa shape index (κ1) is 49.1. The van der Waals surface area contributed by atoms with Crippen molar-refractivity contribution in [3.63, 3.8) is 0 Å². The Kier molecular flexibility index (Phi) is 16.4. The van der Waals surface area contributed by atoms with E-state index < -0.39 is 22.7 Å². The van der Waals surface area contributed by atoms with Gasteiger partial charge in [-0.2, -0.15) is 5.26 Å². The van der Waals surface area contributed by atoms with Crippen molar-refractivity contribution in [3.8, 4) is 29.1 Å². The summed E-state index contributed by atoms with van der Waals surface area (Å²) in [5, 5.41) is 45.8. The first-order valence-corrected chi connectivity index (χ1v) is 23.2. The molecule has 1 aliphatic heterocycles. The van der Waals surface area contributed by atoms with Crippen molar-refractivity contribution in [2.24, 2.45) is 22.9 Å².